The van der Waals surface area contributed by atoms with Gasteiger partial charge in [0.15, 0.2) is 5.82 Å². The van der Waals surface area contributed by atoms with Crippen molar-refractivity contribution in [2.45, 2.75) is 6.42 Å². The maximum Gasteiger partial charge on any atom is 0.213 e. The van der Waals surface area contributed by atoms with Crippen molar-refractivity contribution in [1.82, 2.24) is 10.1 Å². The van der Waals surface area contributed by atoms with Gasteiger partial charge < -0.3 is 4.52 Å². The van der Waals surface area contributed by atoms with E-state index in [0.717, 1.165) is 14.5 Å². The number of hydrogen-bond donors (Lipinski definition) is 0. The first-order valence-electron chi connectivity index (χ1n) is 3.95. The van der Waals surface area contributed by atoms with Crippen LogP contribution in [-0.4, -0.2) is 10.1 Å². The topological polar surface area (TPSA) is 38.9 Å². The molecule has 2 rings (SSSR count). The van der Waals surface area contributed by atoms with Crippen molar-refractivity contribution in [2.24, 2.45) is 0 Å². The van der Waals surface area contributed by atoms with E-state index in [1.807, 2.05) is 18.2 Å². The fourth-order valence-corrected chi connectivity index (χ4v) is 2.29. The highest BCUT2D eigenvalue weighted by molar-refractivity contribution is 9.11. The Balaban J connectivity index is 2.25. The zero-order chi connectivity index (χ0) is 9.97. The van der Waals surface area contributed by atoms with Gasteiger partial charge in [0.1, 0.15) is 0 Å². The van der Waals surface area contributed by atoms with E-state index in [2.05, 4.69) is 46.5 Å². The molecule has 3 nitrogen and oxygen atoms in total. The SMILES string of the molecule is Brc1ccc(Cc2ncon2)c(Br)c1. The van der Waals surface area contributed by atoms with E-state index in [1.165, 1.54) is 6.39 Å². The molecule has 0 amide bonds. The predicted octanol–water partition coefficient (Wildman–Crippen LogP) is 3.19. The molecule has 0 saturated carbocycles. The van der Waals surface area contributed by atoms with Gasteiger partial charge in [0.25, 0.3) is 0 Å². The fourth-order valence-electron chi connectivity index (χ4n) is 1.11. The molecule has 2 aromatic rings. The van der Waals surface area contributed by atoms with Gasteiger partial charge in [0.05, 0.1) is 0 Å². The van der Waals surface area contributed by atoms with E-state index < -0.39 is 0 Å². The van der Waals surface area contributed by atoms with Crippen LogP contribution in [-0.2, 0) is 6.42 Å². The highest BCUT2D eigenvalue weighted by atomic mass is 79.9. The lowest BCUT2D eigenvalue weighted by atomic mass is 10.1. The number of halogens is 2. The van der Waals surface area contributed by atoms with E-state index in [-0.39, 0.29) is 0 Å². The molecule has 0 aliphatic rings. The van der Waals surface area contributed by atoms with Gasteiger partial charge in [-0.25, -0.2) is 0 Å². The molecule has 1 heterocycles. The first-order valence-corrected chi connectivity index (χ1v) is 5.53. The second-order valence-corrected chi connectivity index (χ2v) is 4.53. The van der Waals surface area contributed by atoms with Crippen LogP contribution in [0.4, 0.5) is 0 Å². The molecule has 0 bridgehead atoms. The molecule has 0 fully saturated rings. The van der Waals surface area contributed by atoms with Crippen molar-refractivity contribution in [2.75, 3.05) is 0 Å². The van der Waals surface area contributed by atoms with Crippen molar-refractivity contribution >= 4 is 31.9 Å². The predicted molar refractivity (Wildman–Crippen MR) is 58.9 cm³/mol. The Morgan fingerprint density at radius 3 is 2.79 bits per heavy atom. The summed E-state index contributed by atoms with van der Waals surface area (Å²) in [7, 11) is 0. The van der Waals surface area contributed by atoms with Crippen LogP contribution in [0.2, 0.25) is 0 Å². The maximum atomic E-state index is 4.66. The molecule has 0 N–H and O–H groups in total. The van der Waals surface area contributed by atoms with Gasteiger partial charge in [-0.2, -0.15) is 4.98 Å². The number of nitrogens with zero attached hydrogens (tertiary/aromatic N) is 2. The molecule has 1 aromatic carbocycles. The number of hydrogen-bond acceptors (Lipinski definition) is 3. The Kier molecular flexibility index (Phi) is 2.98. The van der Waals surface area contributed by atoms with Gasteiger partial charge in [-0.1, -0.05) is 43.1 Å². The van der Waals surface area contributed by atoms with E-state index in [9.17, 15) is 0 Å². The minimum atomic E-state index is 0.671. The molecular weight excluding hydrogens is 312 g/mol. The molecule has 0 atom stereocenters. The average molecular weight is 318 g/mol. The molecule has 0 radical (unpaired) electrons. The highest BCUT2D eigenvalue weighted by Gasteiger charge is 2.04. The van der Waals surface area contributed by atoms with Crippen molar-refractivity contribution in [1.29, 1.82) is 0 Å². The van der Waals surface area contributed by atoms with Crippen LogP contribution in [0.3, 0.4) is 0 Å². The fraction of sp³-hybridized carbons (Fsp3) is 0.111. The van der Waals surface area contributed by atoms with Crippen LogP contribution in [0.25, 0.3) is 0 Å². The van der Waals surface area contributed by atoms with Crippen LogP contribution >= 0.6 is 31.9 Å². The quantitative estimate of drug-likeness (QED) is 0.854. The third-order valence-electron chi connectivity index (χ3n) is 1.77. The van der Waals surface area contributed by atoms with Gasteiger partial charge in [-0.3, -0.25) is 0 Å². The van der Waals surface area contributed by atoms with Gasteiger partial charge in [-0.15, -0.1) is 0 Å². The number of benzene rings is 1. The average Bonchev–Trinajstić information content (AvgIpc) is 2.62. The third kappa shape index (κ3) is 2.22. The number of rotatable bonds is 2. The molecule has 0 spiro atoms. The highest BCUT2D eigenvalue weighted by Crippen LogP contribution is 2.23. The lowest BCUT2D eigenvalue weighted by Gasteiger charge is -2.01. The second-order valence-electron chi connectivity index (χ2n) is 2.76. The van der Waals surface area contributed by atoms with Gasteiger partial charge in [0.2, 0.25) is 6.39 Å². The Hall–Kier alpha value is -0.680. The van der Waals surface area contributed by atoms with E-state index in [4.69, 9.17) is 0 Å². The van der Waals surface area contributed by atoms with Crippen LogP contribution in [0.5, 0.6) is 0 Å². The van der Waals surface area contributed by atoms with Crippen LogP contribution in [0.15, 0.2) is 38.1 Å². The standard InChI is InChI=1S/C9H6Br2N2O/c10-7-2-1-6(8(11)4-7)3-9-12-5-14-13-9/h1-2,4-5H,3H2. The molecule has 0 unspecified atom stereocenters. The van der Waals surface area contributed by atoms with E-state index >= 15 is 0 Å². The minimum Gasteiger partial charge on any atom is -0.343 e. The van der Waals surface area contributed by atoms with Crippen molar-refractivity contribution in [3.63, 3.8) is 0 Å². The normalized spacial score (nSPS) is 10.4. The Morgan fingerprint density at radius 1 is 1.29 bits per heavy atom. The lowest BCUT2D eigenvalue weighted by molar-refractivity contribution is 0.411. The Bertz CT molecular complexity index is 428. The van der Waals surface area contributed by atoms with E-state index in [1.54, 1.807) is 0 Å². The molecular formula is C9H6Br2N2O. The summed E-state index contributed by atoms with van der Waals surface area (Å²) in [5, 5.41) is 3.76. The molecule has 0 aliphatic carbocycles. The first-order chi connectivity index (χ1) is 6.75. The summed E-state index contributed by atoms with van der Waals surface area (Å²) in [6.07, 6.45) is 2.01. The van der Waals surface area contributed by atoms with Crippen molar-refractivity contribution < 1.29 is 4.52 Å². The third-order valence-corrected chi connectivity index (χ3v) is 3.00. The Morgan fingerprint density at radius 2 is 2.14 bits per heavy atom. The maximum absolute atomic E-state index is 4.66. The summed E-state index contributed by atoms with van der Waals surface area (Å²) in [5.41, 5.74) is 1.13. The summed E-state index contributed by atoms with van der Waals surface area (Å²) in [4.78, 5) is 3.96. The van der Waals surface area contributed by atoms with Crippen LogP contribution < -0.4 is 0 Å². The molecule has 1 aromatic heterocycles. The summed E-state index contributed by atoms with van der Waals surface area (Å²) >= 11 is 6.87. The number of aromatic nitrogens is 2. The molecule has 72 valence electrons. The molecule has 0 aliphatic heterocycles. The smallest absolute Gasteiger partial charge is 0.213 e. The Labute approximate surface area is 97.8 Å². The zero-order valence-electron chi connectivity index (χ0n) is 7.08. The van der Waals surface area contributed by atoms with Gasteiger partial charge >= 0.3 is 0 Å². The first kappa shape index (κ1) is 9.86. The lowest BCUT2D eigenvalue weighted by Crippen LogP contribution is -1.91. The van der Waals surface area contributed by atoms with Gasteiger partial charge in [0, 0.05) is 15.4 Å². The molecule has 0 saturated heterocycles. The molecule has 14 heavy (non-hydrogen) atoms. The summed E-state index contributed by atoms with van der Waals surface area (Å²) in [6.45, 7) is 0. The van der Waals surface area contributed by atoms with Crippen molar-refractivity contribution in [3.8, 4) is 0 Å². The van der Waals surface area contributed by atoms with Crippen LogP contribution in [0, 0.1) is 0 Å². The summed E-state index contributed by atoms with van der Waals surface area (Å²) in [5.74, 6) is 0.688. The summed E-state index contributed by atoms with van der Waals surface area (Å²) in [6, 6.07) is 6.00. The minimum absolute atomic E-state index is 0.671. The van der Waals surface area contributed by atoms with Crippen LogP contribution in [0.1, 0.15) is 11.4 Å². The summed E-state index contributed by atoms with van der Waals surface area (Å²) < 4.78 is 6.75. The monoisotopic (exact) mass is 316 g/mol. The van der Waals surface area contributed by atoms with E-state index in [0.29, 0.717) is 12.2 Å². The van der Waals surface area contributed by atoms with Crippen molar-refractivity contribution in [3.05, 3.63) is 44.9 Å². The van der Waals surface area contributed by atoms with Gasteiger partial charge in [-0.05, 0) is 17.7 Å². The molecule has 5 heteroatoms. The zero-order valence-corrected chi connectivity index (χ0v) is 10.2. The largest absolute Gasteiger partial charge is 0.343 e. The second kappa shape index (κ2) is 4.23.